The number of aliphatic imine (C=N–C) groups is 1. The summed E-state index contributed by atoms with van der Waals surface area (Å²) in [6, 6.07) is 20.9. The molecule has 1 fully saturated rings. The van der Waals surface area contributed by atoms with Crippen LogP contribution < -0.4 is 0 Å². The first-order valence-electron chi connectivity index (χ1n) is 10.9. The molecule has 4 rings (SSSR count). The molecule has 0 radical (unpaired) electrons. The molecule has 1 aliphatic heterocycles. The highest BCUT2D eigenvalue weighted by Gasteiger charge is 2.36. The summed E-state index contributed by atoms with van der Waals surface area (Å²) in [5, 5.41) is 11.6. The van der Waals surface area contributed by atoms with Gasteiger partial charge in [-0.2, -0.15) is 0 Å². The maximum Gasteiger partial charge on any atom is 0.212 e. The van der Waals surface area contributed by atoms with Crippen molar-refractivity contribution in [3.63, 3.8) is 0 Å². The van der Waals surface area contributed by atoms with E-state index in [4.69, 9.17) is 9.73 Å². The second-order valence-electron chi connectivity index (χ2n) is 8.27. The van der Waals surface area contributed by atoms with Gasteiger partial charge in [-0.05, 0) is 29.9 Å². The largest absolute Gasteiger partial charge is 0.481 e. The Morgan fingerprint density at radius 2 is 1.59 bits per heavy atom. The molecule has 2 aromatic carbocycles. The van der Waals surface area contributed by atoms with E-state index in [1.807, 2.05) is 12.1 Å². The minimum atomic E-state index is -0.432. The molecule has 0 bridgehead atoms. The lowest BCUT2D eigenvalue weighted by atomic mass is 9.74. The van der Waals surface area contributed by atoms with Crippen molar-refractivity contribution in [3.8, 4) is 0 Å². The zero-order valence-electron chi connectivity index (χ0n) is 17.2. The second kappa shape index (κ2) is 9.41. The predicted molar refractivity (Wildman–Crippen MR) is 118 cm³/mol. The number of methoxy groups -OCH3 is 1. The number of hydrogen-bond donors (Lipinski definition) is 1. The topological polar surface area (TPSA) is 41.8 Å². The molecule has 29 heavy (non-hydrogen) atoms. The van der Waals surface area contributed by atoms with Crippen LogP contribution in [-0.4, -0.2) is 30.8 Å². The number of dihydropyridines is 1. The standard InChI is InChI=1S/C26H31NO2/c1-29-26-23(17-22(18-27-26)19-11-5-2-6-12-19)24(20-13-7-3-8-14-20)25(28)21-15-9-4-10-16-21/h2-3,5-8,11-14,17,21-22,24-25,28H,4,9-10,15-16,18H2,1H3. The van der Waals surface area contributed by atoms with Gasteiger partial charge in [-0.15, -0.1) is 0 Å². The Balaban J connectivity index is 1.74. The third-order valence-electron chi connectivity index (χ3n) is 6.45. The molecular formula is C26H31NO2. The van der Waals surface area contributed by atoms with Gasteiger partial charge in [0.1, 0.15) is 0 Å². The molecule has 0 amide bonds. The van der Waals surface area contributed by atoms with Gasteiger partial charge in [-0.3, -0.25) is 4.99 Å². The molecule has 2 aromatic rings. The number of hydrogen-bond acceptors (Lipinski definition) is 3. The molecule has 152 valence electrons. The lowest BCUT2D eigenvalue weighted by molar-refractivity contribution is 0.0701. The zero-order valence-corrected chi connectivity index (χ0v) is 17.2. The van der Waals surface area contributed by atoms with Gasteiger partial charge in [0.2, 0.25) is 5.90 Å². The highest BCUT2D eigenvalue weighted by atomic mass is 16.5. The molecule has 0 aromatic heterocycles. The minimum Gasteiger partial charge on any atom is -0.481 e. The smallest absolute Gasteiger partial charge is 0.212 e. The van der Waals surface area contributed by atoms with E-state index < -0.39 is 6.10 Å². The van der Waals surface area contributed by atoms with Crippen molar-refractivity contribution in [2.45, 2.75) is 50.0 Å². The number of aliphatic hydroxyl groups is 1. The molecule has 2 aliphatic rings. The normalized spacial score (nSPS) is 22.3. The molecule has 1 heterocycles. The predicted octanol–water partition coefficient (Wildman–Crippen LogP) is 5.48. The van der Waals surface area contributed by atoms with Crippen LogP contribution in [0.4, 0.5) is 0 Å². The monoisotopic (exact) mass is 389 g/mol. The summed E-state index contributed by atoms with van der Waals surface area (Å²) < 4.78 is 5.70. The van der Waals surface area contributed by atoms with E-state index in [1.54, 1.807) is 7.11 Å². The van der Waals surface area contributed by atoms with E-state index in [0.29, 0.717) is 18.4 Å². The molecule has 3 unspecified atom stereocenters. The van der Waals surface area contributed by atoms with Crippen LogP contribution in [0.1, 0.15) is 55.1 Å². The van der Waals surface area contributed by atoms with E-state index in [0.717, 1.165) is 24.0 Å². The van der Waals surface area contributed by atoms with Crippen molar-refractivity contribution < 1.29 is 9.84 Å². The van der Waals surface area contributed by atoms with E-state index in [2.05, 4.69) is 54.6 Å². The van der Waals surface area contributed by atoms with E-state index in [1.165, 1.54) is 24.8 Å². The molecule has 3 heteroatoms. The first-order valence-corrected chi connectivity index (χ1v) is 10.9. The third-order valence-corrected chi connectivity index (χ3v) is 6.45. The van der Waals surface area contributed by atoms with E-state index >= 15 is 0 Å². The average molecular weight is 390 g/mol. The van der Waals surface area contributed by atoms with Crippen molar-refractivity contribution in [3.05, 3.63) is 83.4 Å². The van der Waals surface area contributed by atoms with Crippen LogP contribution in [0.25, 0.3) is 0 Å². The van der Waals surface area contributed by atoms with Gasteiger partial charge in [-0.1, -0.05) is 86.0 Å². The fourth-order valence-corrected chi connectivity index (χ4v) is 4.90. The maximum absolute atomic E-state index is 11.6. The lowest BCUT2D eigenvalue weighted by Gasteiger charge is -2.35. The second-order valence-corrected chi connectivity index (χ2v) is 8.27. The summed E-state index contributed by atoms with van der Waals surface area (Å²) in [5.74, 6) is 1.07. The van der Waals surface area contributed by atoms with Gasteiger partial charge in [0, 0.05) is 17.4 Å². The summed E-state index contributed by atoms with van der Waals surface area (Å²) in [7, 11) is 1.69. The summed E-state index contributed by atoms with van der Waals surface area (Å²) in [6.45, 7) is 0.678. The van der Waals surface area contributed by atoms with Crippen LogP contribution in [-0.2, 0) is 4.74 Å². The van der Waals surface area contributed by atoms with Gasteiger partial charge in [0.15, 0.2) is 0 Å². The number of aliphatic hydroxyl groups excluding tert-OH is 1. The molecule has 1 saturated carbocycles. The highest BCUT2D eigenvalue weighted by molar-refractivity contribution is 5.96. The number of ether oxygens (including phenoxy) is 1. The lowest BCUT2D eigenvalue weighted by Crippen LogP contribution is -2.34. The van der Waals surface area contributed by atoms with Crippen molar-refractivity contribution in [1.82, 2.24) is 0 Å². The molecule has 1 aliphatic carbocycles. The number of benzene rings is 2. The van der Waals surface area contributed by atoms with Crippen molar-refractivity contribution in [2.75, 3.05) is 13.7 Å². The first-order chi connectivity index (χ1) is 14.3. The van der Waals surface area contributed by atoms with Crippen molar-refractivity contribution in [1.29, 1.82) is 0 Å². The van der Waals surface area contributed by atoms with Crippen LogP contribution in [0, 0.1) is 5.92 Å². The maximum atomic E-state index is 11.6. The van der Waals surface area contributed by atoms with Gasteiger partial charge in [0.05, 0.1) is 19.8 Å². The van der Waals surface area contributed by atoms with E-state index in [9.17, 15) is 5.11 Å². The quantitative estimate of drug-likeness (QED) is 0.736. The zero-order chi connectivity index (χ0) is 20.1. The molecule has 0 spiro atoms. The molecule has 0 saturated heterocycles. The van der Waals surface area contributed by atoms with Crippen LogP contribution in [0.5, 0.6) is 0 Å². The van der Waals surface area contributed by atoms with Crippen LogP contribution in [0.2, 0.25) is 0 Å². The Bertz CT molecular complexity index is 838. The van der Waals surface area contributed by atoms with Crippen LogP contribution in [0.15, 0.2) is 77.3 Å². The van der Waals surface area contributed by atoms with Crippen molar-refractivity contribution in [2.24, 2.45) is 10.9 Å². The van der Waals surface area contributed by atoms with Crippen molar-refractivity contribution >= 4 is 5.90 Å². The highest BCUT2D eigenvalue weighted by Crippen LogP contribution is 2.40. The Labute approximate surface area is 174 Å². The Morgan fingerprint density at radius 3 is 2.24 bits per heavy atom. The third kappa shape index (κ3) is 4.45. The average Bonchev–Trinajstić information content (AvgIpc) is 2.81. The molecule has 3 nitrogen and oxygen atoms in total. The van der Waals surface area contributed by atoms with Crippen LogP contribution in [0.3, 0.4) is 0 Å². The number of nitrogens with zero attached hydrogens (tertiary/aromatic N) is 1. The molecular weight excluding hydrogens is 358 g/mol. The summed E-state index contributed by atoms with van der Waals surface area (Å²) in [6.07, 6.45) is 7.74. The Kier molecular flexibility index (Phi) is 6.46. The summed E-state index contributed by atoms with van der Waals surface area (Å²) in [4.78, 5) is 4.78. The Hall–Kier alpha value is -2.39. The SMILES string of the molecule is COC1=NCC(c2ccccc2)C=C1C(c1ccccc1)C(O)C1CCCCC1. The number of rotatable bonds is 5. The minimum absolute atomic E-state index is 0.121. The van der Waals surface area contributed by atoms with E-state index in [-0.39, 0.29) is 11.8 Å². The fourth-order valence-electron chi connectivity index (χ4n) is 4.90. The fraction of sp³-hybridized carbons (Fsp3) is 0.423. The van der Waals surface area contributed by atoms with Gasteiger partial charge in [0.25, 0.3) is 0 Å². The van der Waals surface area contributed by atoms with Gasteiger partial charge in [-0.25, -0.2) is 0 Å². The Morgan fingerprint density at radius 1 is 0.931 bits per heavy atom. The molecule has 3 atom stereocenters. The summed E-state index contributed by atoms with van der Waals surface area (Å²) >= 11 is 0. The van der Waals surface area contributed by atoms with Gasteiger partial charge >= 0.3 is 0 Å². The van der Waals surface area contributed by atoms with Gasteiger partial charge < -0.3 is 9.84 Å². The van der Waals surface area contributed by atoms with Crippen LogP contribution >= 0.6 is 0 Å². The molecule has 1 N–H and O–H groups in total. The summed E-state index contributed by atoms with van der Waals surface area (Å²) in [5.41, 5.74) is 3.41. The first kappa shape index (κ1) is 19.9.